The number of amides is 4. The lowest BCUT2D eigenvalue weighted by molar-refractivity contribution is 0.0501. The van der Waals surface area contributed by atoms with Crippen molar-refractivity contribution in [2.24, 2.45) is 0 Å². The summed E-state index contributed by atoms with van der Waals surface area (Å²) in [5, 5.41) is 6.97. The molecule has 5 aromatic rings. The highest BCUT2D eigenvalue weighted by atomic mass is 16.2. The van der Waals surface area contributed by atoms with Crippen LogP contribution in [0.1, 0.15) is 145 Å². The zero-order valence-electron chi connectivity index (χ0n) is 28.0. The molecule has 0 radical (unpaired) electrons. The number of hydrogen-bond donors (Lipinski definition) is 0. The Bertz CT molecular complexity index is 1990. The zero-order chi connectivity index (χ0) is 32.9. The van der Waals surface area contributed by atoms with Crippen molar-refractivity contribution < 1.29 is 19.2 Å². The fraction of sp³-hybridized carbons (Fsp3) is 0.429. The van der Waals surface area contributed by atoms with Gasteiger partial charge in [0.1, 0.15) is 0 Å². The molecular formula is C42H44N2O4. The summed E-state index contributed by atoms with van der Waals surface area (Å²) in [5.41, 5.74) is 2.30. The van der Waals surface area contributed by atoms with Crippen molar-refractivity contribution >= 4 is 66.7 Å². The van der Waals surface area contributed by atoms with Gasteiger partial charge in [-0.25, -0.2) is 0 Å². The Hall–Kier alpha value is -4.32. The molecule has 246 valence electrons. The van der Waals surface area contributed by atoms with Gasteiger partial charge in [0, 0.05) is 45.6 Å². The highest BCUT2D eigenvalue weighted by Gasteiger charge is 2.39. The maximum atomic E-state index is 13.9. The molecule has 0 atom stereocenters. The van der Waals surface area contributed by atoms with Gasteiger partial charge in [0.2, 0.25) is 0 Å². The zero-order valence-corrected chi connectivity index (χ0v) is 28.0. The van der Waals surface area contributed by atoms with Gasteiger partial charge in [-0.15, -0.1) is 0 Å². The van der Waals surface area contributed by atoms with Crippen LogP contribution in [0.4, 0.5) is 0 Å². The van der Waals surface area contributed by atoms with Gasteiger partial charge in [-0.3, -0.25) is 29.0 Å². The first-order valence-electron chi connectivity index (χ1n) is 18.5. The van der Waals surface area contributed by atoms with Crippen molar-refractivity contribution in [1.29, 1.82) is 0 Å². The van der Waals surface area contributed by atoms with E-state index in [9.17, 15) is 19.2 Å². The molecule has 1 fully saturated rings. The van der Waals surface area contributed by atoms with Crippen LogP contribution in [0.5, 0.6) is 0 Å². The molecule has 8 rings (SSSR count). The number of imide groups is 2. The first-order valence-corrected chi connectivity index (χ1v) is 18.5. The van der Waals surface area contributed by atoms with E-state index in [4.69, 9.17) is 0 Å². The average molecular weight is 641 g/mol. The topological polar surface area (TPSA) is 74.8 Å². The summed E-state index contributed by atoms with van der Waals surface area (Å²) >= 11 is 0. The van der Waals surface area contributed by atoms with Crippen molar-refractivity contribution in [2.75, 3.05) is 6.54 Å². The van der Waals surface area contributed by atoms with Gasteiger partial charge < -0.3 is 0 Å². The predicted molar refractivity (Wildman–Crippen MR) is 192 cm³/mol. The summed E-state index contributed by atoms with van der Waals surface area (Å²) in [6.45, 7) is 2.68. The first-order chi connectivity index (χ1) is 23.5. The molecule has 4 amide bonds. The molecule has 48 heavy (non-hydrogen) atoms. The van der Waals surface area contributed by atoms with Crippen molar-refractivity contribution in [3.63, 3.8) is 0 Å². The van der Waals surface area contributed by atoms with Crippen molar-refractivity contribution in [3.8, 4) is 0 Å². The Kier molecular flexibility index (Phi) is 8.14. The van der Waals surface area contributed by atoms with Gasteiger partial charge in [0.15, 0.2) is 0 Å². The smallest absolute Gasteiger partial charge is 0.261 e. The lowest BCUT2D eigenvalue weighted by Crippen LogP contribution is -2.47. The summed E-state index contributed by atoms with van der Waals surface area (Å²) in [5.74, 6) is -0.833. The highest BCUT2D eigenvalue weighted by Crippen LogP contribution is 2.46. The quantitative estimate of drug-likeness (QED) is 0.0589. The van der Waals surface area contributed by atoms with Crippen LogP contribution in [0.25, 0.3) is 43.1 Å². The third kappa shape index (κ3) is 4.82. The van der Waals surface area contributed by atoms with E-state index in [0.717, 1.165) is 89.1 Å². The van der Waals surface area contributed by atoms with Crippen LogP contribution >= 0.6 is 0 Å². The second-order valence-electron chi connectivity index (χ2n) is 14.4. The fourth-order valence-electron chi connectivity index (χ4n) is 8.97. The average Bonchev–Trinajstić information content (AvgIpc) is 3.11. The normalized spacial score (nSPS) is 16.9. The molecular weight excluding hydrogens is 596 g/mol. The number of carbonyl (C=O) groups excluding carboxylic acids is 4. The van der Waals surface area contributed by atoms with Crippen LogP contribution in [0.2, 0.25) is 0 Å². The van der Waals surface area contributed by atoms with Crippen LogP contribution in [-0.4, -0.2) is 46.0 Å². The monoisotopic (exact) mass is 640 g/mol. The lowest BCUT2D eigenvalue weighted by Gasteiger charge is -2.36. The highest BCUT2D eigenvalue weighted by molar-refractivity contribution is 6.41. The van der Waals surface area contributed by atoms with E-state index in [-0.39, 0.29) is 29.7 Å². The van der Waals surface area contributed by atoms with Gasteiger partial charge in [-0.05, 0) is 75.8 Å². The molecule has 1 aliphatic carbocycles. The molecule has 0 spiro atoms. The molecule has 0 unspecified atom stereocenters. The molecule has 1 saturated carbocycles. The number of nitrogens with zero attached hydrogens (tertiary/aromatic N) is 2. The molecule has 0 bridgehead atoms. The van der Waals surface area contributed by atoms with Gasteiger partial charge in [-0.1, -0.05) is 108 Å². The minimum Gasteiger partial charge on any atom is -0.274 e. The van der Waals surface area contributed by atoms with Crippen LogP contribution in [0, 0.1) is 0 Å². The number of carbonyl (C=O) groups is 4. The number of fused-ring (bicyclic) bond motifs is 2. The van der Waals surface area contributed by atoms with E-state index < -0.39 is 0 Å². The van der Waals surface area contributed by atoms with E-state index >= 15 is 0 Å². The lowest BCUT2D eigenvalue weighted by atomic mass is 9.81. The molecule has 0 saturated heterocycles. The SMILES string of the molecule is CCCCCCCCCCCCN1C(=O)c2ccc3c4ccc5c6c(ccc(c7ccc(c2c37)C1=O)c64)C(=O)N(C1CCCCC1)C5=O. The Morgan fingerprint density at radius 2 is 0.875 bits per heavy atom. The van der Waals surface area contributed by atoms with E-state index in [1.165, 1.54) is 54.7 Å². The molecule has 6 nitrogen and oxygen atoms in total. The Morgan fingerprint density at radius 3 is 1.31 bits per heavy atom. The third-order valence-electron chi connectivity index (χ3n) is 11.4. The van der Waals surface area contributed by atoms with Crippen LogP contribution in [0.15, 0.2) is 48.5 Å². The van der Waals surface area contributed by atoms with Crippen LogP contribution < -0.4 is 0 Å². The summed E-state index contributed by atoms with van der Waals surface area (Å²) in [6.07, 6.45) is 16.9. The molecule has 2 heterocycles. The van der Waals surface area contributed by atoms with Gasteiger partial charge >= 0.3 is 0 Å². The van der Waals surface area contributed by atoms with Crippen molar-refractivity contribution in [3.05, 3.63) is 70.8 Å². The third-order valence-corrected chi connectivity index (χ3v) is 11.4. The molecule has 6 heteroatoms. The molecule has 0 aromatic heterocycles. The standard InChI is InChI=1S/C42H44N2O4/c1-2-3-4-5-6-7-8-9-10-14-25-43-39(45)31-21-17-27-29-19-23-33-38-34(42(48)44(41(33)47)26-15-12-11-13-16-26)24-20-30(36(29)38)28-18-22-32(40(43)46)37(31)35(27)28/h17-24,26H,2-16,25H2,1H3. The van der Waals surface area contributed by atoms with Crippen molar-refractivity contribution in [1.82, 2.24) is 9.80 Å². The second kappa shape index (κ2) is 12.6. The van der Waals surface area contributed by atoms with Crippen LogP contribution in [-0.2, 0) is 0 Å². The summed E-state index contributed by atoms with van der Waals surface area (Å²) in [4.78, 5) is 58.6. The largest absolute Gasteiger partial charge is 0.274 e. The molecule has 3 aliphatic rings. The van der Waals surface area contributed by atoms with E-state index in [0.29, 0.717) is 34.2 Å². The molecule has 2 aliphatic heterocycles. The second-order valence-corrected chi connectivity index (χ2v) is 14.4. The molecule has 0 N–H and O–H groups in total. The van der Waals surface area contributed by atoms with Crippen LogP contribution in [0.3, 0.4) is 0 Å². The van der Waals surface area contributed by atoms with E-state index in [1.54, 1.807) is 0 Å². The summed E-state index contributed by atoms with van der Waals surface area (Å²) < 4.78 is 0. The Balaban J connectivity index is 1.11. The number of rotatable bonds is 12. The first kappa shape index (κ1) is 31.0. The van der Waals surface area contributed by atoms with E-state index in [1.807, 2.05) is 48.5 Å². The Morgan fingerprint density at radius 1 is 0.479 bits per heavy atom. The maximum Gasteiger partial charge on any atom is 0.261 e. The minimum absolute atomic E-state index is 0.0502. The maximum absolute atomic E-state index is 13.9. The Labute approximate surface area is 281 Å². The van der Waals surface area contributed by atoms with Gasteiger partial charge in [0.05, 0.1) is 0 Å². The van der Waals surface area contributed by atoms with Gasteiger partial charge in [-0.2, -0.15) is 0 Å². The van der Waals surface area contributed by atoms with E-state index in [2.05, 4.69) is 6.92 Å². The predicted octanol–water partition coefficient (Wildman–Crippen LogP) is 10.2. The van der Waals surface area contributed by atoms with Crippen molar-refractivity contribution in [2.45, 2.75) is 109 Å². The summed E-state index contributed by atoms with van der Waals surface area (Å²) in [7, 11) is 0. The number of hydrogen-bond acceptors (Lipinski definition) is 4. The van der Waals surface area contributed by atoms with Gasteiger partial charge in [0.25, 0.3) is 23.6 Å². The number of benzene rings is 5. The molecule has 5 aromatic carbocycles. The summed E-state index contributed by atoms with van der Waals surface area (Å²) in [6, 6.07) is 15.4. The fourth-order valence-corrected chi connectivity index (χ4v) is 8.97. The minimum atomic E-state index is -0.220. The number of unbranched alkanes of at least 4 members (excludes halogenated alkanes) is 9.